The number of carbonyl (C=O) groups excluding carboxylic acids is 1. The predicted molar refractivity (Wildman–Crippen MR) is 101 cm³/mol. The third-order valence-corrected chi connectivity index (χ3v) is 5.23. The summed E-state index contributed by atoms with van der Waals surface area (Å²) in [6.07, 6.45) is 0.838. The molecule has 0 bridgehead atoms. The molecule has 0 N–H and O–H groups in total. The van der Waals surface area contributed by atoms with Crippen LogP contribution in [0.2, 0.25) is 0 Å². The van der Waals surface area contributed by atoms with Gasteiger partial charge in [-0.15, -0.1) is 0 Å². The average Bonchev–Trinajstić information content (AvgIpc) is 3.11. The number of anilines is 1. The zero-order valence-electron chi connectivity index (χ0n) is 15.2. The highest BCUT2D eigenvalue weighted by molar-refractivity contribution is 5.98. The minimum atomic E-state index is -0.220. The topological polar surface area (TPSA) is 42.0 Å². The fraction of sp³-hybridized carbons (Fsp3) is 0.381. The number of rotatable bonds is 4. The van der Waals surface area contributed by atoms with Crippen molar-refractivity contribution in [2.75, 3.05) is 31.6 Å². The molecule has 136 valence electrons. The third kappa shape index (κ3) is 3.15. The van der Waals surface area contributed by atoms with Crippen molar-refractivity contribution in [1.29, 1.82) is 0 Å². The first-order valence-corrected chi connectivity index (χ1v) is 9.11. The van der Waals surface area contributed by atoms with Crippen LogP contribution in [0, 0.1) is 0 Å². The molecule has 0 aliphatic carbocycles. The first kappa shape index (κ1) is 16.9. The number of nitrogens with zero attached hydrogens (tertiary/aromatic N) is 2. The van der Waals surface area contributed by atoms with Gasteiger partial charge in [0.1, 0.15) is 12.7 Å². The molecule has 2 aromatic rings. The Hall–Kier alpha value is -2.53. The molecule has 5 heteroatoms. The lowest BCUT2D eigenvalue weighted by Gasteiger charge is -2.33. The molecule has 0 saturated heterocycles. The second kappa shape index (κ2) is 7.00. The van der Waals surface area contributed by atoms with Gasteiger partial charge in [-0.25, -0.2) is 0 Å². The molecule has 0 fully saturated rings. The zero-order chi connectivity index (χ0) is 18.1. The number of hydrogen-bond donors (Lipinski definition) is 0. The van der Waals surface area contributed by atoms with Gasteiger partial charge in [0.25, 0.3) is 0 Å². The number of benzene rings is 2. The quantitative estimate of drug-likeness (QED) is 0.849. The molecule has 4 rings (SSSR count). The summed E-state index contributed by atoms with van der Waals surface area (Å²) in [5, 5.41) is 0. The number of amides is 1. The number of ether oxygens (including phenoxy) is 2. The van der Waals surface area contributed by atoms with Crippen molar-refractivity contribution in [2.24, 2.45) is 0 Å². The van der Waals surface area contributed by atoms with Crippen molar-refractivity contribution >= 4 is 11.6 Å². The van der Waals surface area contributed by atoms with E-state index in [1.54, 1.807) is 0 Å². The van der Waals surface area contributed by atoms with E-state index >= 15 is 0 Å². The van der Waals surface area contributed by atoms with Gasteiger partial charge in [-0.05, 0) is 44.2 Å². The largest absolute Gasteiger partial charge is 0.486 e. The van der Waals surface area contributed by atoms with E-state index in [9.17, 15) is 4.79 Å². The maximum absolute atomic E-state index is 13.0. The molecule has 26 heavy (non-hydrogen) atoms. The highest BCUT2D eigenvalue weighted by Gasteiger charge is 2.31. The molecule has 2 unspecified atom stereocenters. The van der Waals surface area contributed by atoms with Crippen molar-refractivity contribution in [1.82, 2.24) is 4.90 Å². The lowest BCUT2D eigenvalue weighted by molar-refractivity contribution is -0.123. The number of carbonyl (C=O) groups is 1. The molecule has 0 saturated carbocycles. The Morgan fingerprint density at radius 3 is 2.77 bits per heavy atom. The van der Waals surface area contributed by atoms with E-state index in [0.29, 0.717) is 13.2 Å². The average molecular weight is 352 g/mol. The molecule has 2 aliphatic rings. The van der Waals surface area contributed by atoms with Gasteiger partial charge in [-0.2, -0.15) is 0 Å². The minimum absolute atomic E-state index is 0.0870. The fourth-order valence-electron chi connectivity index (χ4n) is 3.61. The second-order valence-corrected chi connectivity index (χ2v) is 6.98. The van der Waals surface area contributed by atoms with Crippen molar-refractivity contribution in [2.45, 2.75) is 25.5 Å². The lowest BCUT2D eigenvalue weighted by atomic mass is 10.1. The lowest BCUT2D eigenvalue weighted by Crippen LogP contribution is -2.49. The first-order chi connectivity index (χ1) is 12.6. The summed E-state index contributed by atoms with van der Waals surface area (Å²) in [6.45, 7) is 3.85. The van der Waals surface area contributed by atoms with Gasteiger partial charge in [0.2, 0.25) is 5.91 Å². The Morgan fingerprint density at radius 2 is 1.92 bits per heavy atom. The molecule has 2 aliphatic heterocycles. The van der Waals surface area contributed by atoms with E-state index in [2.05, 4.69) is 6.07 Å². The van der Waals surface area contributed by atoms with Crippen LogP contribution in [0.5, 0.6) is 11.5 Å². The van der Waals surface area contributed by atoms with Gasteiger partial charge >= 0.3 is 0 Å². The second-order valence-electron chi connectivity index (χ2n) is 6.98. The van der Waals surface area contributed by atoms with Crippen LogP contribution in [0.15, 0.2) is 48.5 Å². The van der Waals surface area contributed by atoms with E-state index in [4.69, 9.17) is 9.47 Å². The van der Waals surface area contributed by atoms with Crippen LogP contribution < -0.4 is 14.4 Å². The van der Waals surface area contributed by atoms with Crippen LogP contribution in [0.3, 0.4) is 0 Å². The summed E-state index contributed by atoms with van der Waals surface area (Å²) in [4.78, 5) is 17.0. The van der Waals surface area contributed by atoms with E-state index in [-0.39, 0.29) is 18.1 Å². The Bertz CT molecular complexity index is 807. The summed E-state index contributed by atoms with van der Waals surface area (Å²) in [7, 11) is 1.97. The molecule has 1 amide bonds. The molecule has 2 heterocycles. The first-order valence-electron chi connectivity index (χ1n) is 9.11. The Balaban J connectivity index is 1.39. The number of likely N-dealkylation sites (N-methyl/N-ethyl adjacent to an activating group) is 1. The Kier molecular flexibility index (Phi) is 4.55. The van der Waals surface area contributed by atoms with Gasteiger partial charge in [0, 0.05) is 18.8 Å². The van der Waals surface area contributed by atoms with Crippen LogP contribution in [0.4, 0.5) is 5.69 Å². The van der Waals surface area contributed by atoms with Crippen LogP contribution in [-0.4, -0.2) is 49.7 Å². The Labute approximate surface area is 154 Å². The summed E-state index contributed by atoms with van der Waals surface area (Å²) in [5.41, 5.74) is 2.29. The Morgan fingerprint density at radius 1 is 1.19 bits per heavy atom. The smallest absolute Gasteiger partial charge is 0.244 e. The summed E-state index contributed by atoms with van der Waals surface area (Å²) in [6, 6.07) is 15.6. The number of hydrogen-bond acceptors (Lipinski definition) is 4. The third-order valence-electron chi connectivity index (χ3n) is 5.23. The molecule has 5 nitrogen and oxygen atoms in total. The standard InChI is InChI=1S/C21H24N2O3/c1-15(21(24)23-12-11-16-7-3-4-8-18(16)23)22(2)13-17-14-25-19-9-5-6-10-20(19)26-17/h3-10,15,17H,11-14H2,1-2H3. The van der Waals surface area contributed by atoms with E-state index < -0.39 is 0 Å². The van der Waals surface area contributed by atoms with Crippen molar-refractivity contribution < 1.29 is 14.3 Å². The van der Waals surface area contributed by atoms with Crippen LogP contribution in [0.25, 0.3) is 0 Å². The summed E-state index contributed by atoms with van der Waals surface area (Å²) < 4.78 is 11.8. The highest BCUT2D eigenvalue weighted by atomic mass is 16.6. The molecule has 0 radical (unpaired) electrons. The maximum atomic E-state index is 13.0. The summed E-state index contributed by atoms with van der Waals surface area (Å²) >= 11 is 0. The number of para-hydroxylation sites is 3. The monoisotopic (exact) mass is 352 g/mol. The van der Waals surface area contributed by atoms with Crippen LogP contribution in [0.1, 0.15) is 12.5 Å². The fourth-order valence-corrected chi connectivity index (χ4v) is 3.61. The van der Waals surface area contributed by atoms with Gasteiger partial charge in [-0.1, -0.05) is 30.3 Å². The predicted octanol–water partition coefficient (Wildman–Crippen LogP) is 2.74. The molecule has 2 atom stereocenters. The van der Waals surface area contributed by atoms with Gasteiger partial charge in [0.15, 0.2) is 11.5 Å². The maximum Gasteiger partial charge on any atom is 0.244 e. The van der Waals surface area contributed by atoms with E-state index in [1.165, 1.54) is 5.56 Å². The molecular weight excluding hydrogens is 328 g/mol. The van der Waals surface area contributed by atoms with Gasteiger partial charge < -0.3 is 14.4 Å². The van der Waals surface area contributed by atoms with Gasteiger partial charge in [-0.3, -0.25) is 9.69 Å². The molecule has 0 spiro atoms. The van der Waals surface area contributed by atoms with Crippen molar-refractivity contribution in [3.63, 3.8) is 0 Å². The van der Waals surface area contributed by atoms with E-state index in [0.717, 1.165) is 30.2 Å². The van der Waals surface area contributed by atoms with E-state index in [1.807, 2.05) is 66.2 Å². The van der Waals surface area contributed by atoms with Crippen molar-refractivity contribution in [3.05, 3.63) is 54.1 Å². The molecule has 0 aromatic heterocycles. The summed E-state index contributed by atoms with van der Waals surface area (Å²) in [5.74, 6) is 1.68. The van der Waals surface area contributed by atoms with Crippen LogP contribution in [-0.2, 0) is 11.2 Å². The van der Waals surface area contributed by atoms with Gasteiger partial charge in [0.05, 0.1) is 6.04 Å². The highest BCUT2D eigenvalue weighted by Crippen LogP contribution is 2.31. The van der Waals surface area contributed by atoms with Crippen molar-refractivity contribution in [3.8, 4) is 11.5 Å². The molecular formula is C21H24N2O3. The molecule has 2 aromatic carbocycles. The normalized spacial score (nSPS) is 19.3. The number of fused-ring (bicyclic) bond motifs is 2. The van der Waals surface area contributed by atoms with Crippen LogP contribution >= 0.6 is 0 Å². The SMILES string of the molecule is CC(C(=O)N1CCc2ccccc21)N(C)CC1COc2ccccc2O1. The zero-order valence-corrected chi connectivity index (χ0v) is 15.2. The minimum Gasteiger partial charge on any atom is -0.486 e.